The van der Waals surface area contributed by atoms with Gasteiger partial charge in [-0.1, -0.05) is 39.3 Å². The van der Waals surface area contributed by atoms with Gasteiger partial charge < -0.3 is 114 Å². The second kappa shape index (κ2) is 22.4. The van der Waals surface area contributed by atoms with Gasteiger partial charge in [0.25, 0.3) is 0 Å². The van der Waals surface area contributed by atoms with E-state index in [1.54, 1.807) is 0 Å². The number of hydrogen-bond donors (Lipinski definition) is 14. The molecular weight excluding hydrogens is 981 g/mol. The Kier molecular flexibility index (Phi) is 17.4. The van der Waals surface area contributed by atoms with Crippen molar-refractivity contribution in [2.45, 2.75) is 233 Å². The SMILES string of the molecule is C[C@H](CC[C@@]1(O)O[C@H]2C[C@@H]3[C@@H]4CC=C5C[C@@H](O[C@@H]6O[C@H](CO)[C@@H](O)[C@H](O[C@@H]7O[C@H](CO)[C@@H](O)[C@H](O)[C@H]7O)[C@H]6O[C@@H]6O[C@@H](C)[C@H](O)[C@@H](O)[C@H]6O)CC[C@]5(C)[C@H]4CC[C@]3(C)[C@H]2[C@@H]1C)CO[C@@H]1O[C@H](CO)[C@@H](O)[C@H](O)[C@H]1O. The first-order valence-electron chi connectivity index (χ1n) is 26.9. The molecule has 0 aromatic carbocycles. The van der Waals surface area contributed by atoms with Crippen LogP contribution in [0.1, 0.15) is 92.4 Å². The van der Waals surface area contributed by atoms with E-state index in [0.29, 0.717) is 43.4 Å². The molecule has 74 heavy (non-hydrogen) atoms. The lowest BCUT2D eigenvalue weighted by atomic mass is 9.47. The summed E-state index contributed by atoms with van der Waals surface area (Å²) in [5, 5.41) is 149. The first-order chi connectivity index (χ1) is 35.0. The maximum atomic E-state index is 12.1. The normalized spacial score (nSPS) is 54.9. The van der Waals surface area contributed by atoms with Crippen LogP contribution >= 0.6 is 0 Å². The van der Waals surface area contributed by atoms with Crippen LogP contribution in [0, 0.1) is 46.3 Å². The Labute approximate surface area is 430 Å². The fourth-order valence-corrected chi connectivity index (χ4v) is 15.0. The summed E-state index contributed by atoms with van der Waals surface area (Å²) in [5.41, 5.74) is 0.989. The molecule has 4 aliphatic carbocycles. The van der Waals surface area contributed by atoms with Crippen LogP contribution in [0.2, 0.25) is 0 Å². The second-order valence-corrected chi connectivity index (χ2v) is 23.8. The average Bonchev–Trinajstić information content (AvgIpc) is 3.82. The van der Waals surface area contributed by atoms with Gasteiger partial charge in [0, 0.05) is 12.3 Å². The molecule has 0 bridgehead atoms. The molecule has 0 unspecified atom stereocenters. The number of rotatable bonds is 15. The molecule has 0 aromatic rings. The standard InChI is InChI=1S/C51H84O23/c1-20(19-66-45-40(62)38(60)34(56)29(16-52)69-45)8-13-51(65)21(2)32-28(74-51)15-27-25-7-6-23-14-24(9-11-49(23,4)26(25)10-12-50(27,32)5)68-48-44(73-46-41(63)37(59)33(55)22(3)67-46)43(36(58)31(18-54)71-48)72-47-42(64)39(61)35(57)30(17-53)70-47/h6,20-22,24-48,52-65H,7-19H2,1-5H3/t20-,21+,22+,24+,25-,26+,27-,28+,29-,30-,31-,32+,33+,34-,35-,36-,37-,38+,39+,40-,41-,42-,43+,44-,45-,46+,47+,48-,49+,50+,51-/m1/s1. The van der Waals surface area contributed by atoms with E-state index in [4.69, 9.17) is 42.6 Å². The van der Waals surface area contributed by atoms with Gasteiger partial charge >= 0.3 is 0 Å². The van der Waals surface area contributed by atoms with Crippen LogP contribution in [0.25, 0.3) is 0 Å². The van der Waals surface area contributed by atoms with E-state index in [9.17, 15) is 71.5 Å². The fraction of sp³-hybridized carbons (Fsp3) is 0.961. The third-order valence-corrected chi connectivity index (χ3v) is 19.5. The van der Waals surface area contributed by atoms with E-state index in [1.807, 2.05) is 6.92 Å². The van der Waals surface area contributed by atoms with Crippen LogP contribution in [-0.4, -0.2) is 239 Å². The minimum Gasteiger partial charge on any atom is -0.394 e. The first-order valence-corrected chi connectivity index (χ1v) is 26.9. The number of aliphatic hydroxyl groups excluding tert-OH is 13. The molecule has 23 heteroatoms. The van der Waals surface area contributed by atoms with Crippen LogP contribution in [0.5, 0.6) is 0 Å². The molecule has 0 spiro atoms. The zero-order valence-electron chi connectivity index (χ0n) is 42.9. The topological polar surface area (TPSA) is 366 Å². The average molecular weight is 1070 g/mol. The van der Waals surface area contributed by atoms with Gasteiger partial charge in [0.2, 0.25) is 0 Å². The highest BCUT2D eigenvalue weighted by atomic mass is 16.8. The Morgan fingerprint density at radius 3 is 1.85 bits per heavy atom. The smallest absolute Gasteiger partial charge is 0.187 e. The predicted octanol–water partition coefficient (Wildman–Crippen LogP) is -3.01. The summed E-state index contributed by atoms with van der Waals surface area (Å²) >= 11 is 0. The highest BCUT2D eigenvalue weighted by Gasteiger charge is 2.68. The lowest BCUT2D eigenvalue weighted by Crippen LogP contribution is -2.67. The fourth-order valence-electron chi connectivity index (χ4n) is 15.0. The molecule has 0 amide bonds. The van der Waals surface area contributed by atoms with E-state index in [1.165, 1.54) is 12.5 Å². The van der Waals surface area contributed by atoms with Crippen molar-refractivity contribution in [3.63, 3.8) is 0 Å². The maximum absolute atomic E-state index is 12.1. The molecule has 23 nitrogen and oxygen atoms in total. The molecule has 3 saturated carbocycles. The summed E-state index contributed by atoms with van der Waals surface area (Å²) in [4.78, 5) is 0. The van der Waals surface area contributed by atoms with Crippen molar-refractivity contribution < 1.29 is 114 Å². The summed E-state index contributed by atoms with van der Waals surface area (Å²) in [6.07, 6.45) is -22.5. The number of allylic oxidation sites excluding steroid dienone is 1. The number of ether oxygens (including phenoxy) is 9. The minimum atomic E-state index is -1.88. The summed E-state index contributed by atoms with van der Waals surface area (Å²) < 4.78 is 54.7. The van der Waals surface area contributed by atoms with E-state index in [2.05, 4.69) is 26.8 Å². The Morgan fingerprint density at radius 2 is 1.20 bits per heavy atom. The quantitative estimate of drug-likeness (QED) is 0.0727. The van der Waals surface area contributed by atoms with Gasteiger partial charge in [-0.05, 0) is 98.7 Å². The molecule has 9 rings (SSSR count). The van der Waals surface area contributed by atoms with Crippen molar-refractivity contribution in [2.24, 2.45) is 46.3 Å². The number of fused-ring (bicyclic) bond motifs is 7. The molecule has 5 saturated heterocycles. The van der Waals surface area contributed by atoms with Gasteiger partial charge in [-0.3, -0.25) is 0 Å². The van der Waals surface area contributed by atoms with E-state index < -0.39 is 155 Å². The van der Waals surface area contributed by atoms with Crippen LogP contribution in [0.4, 0.5) is 0 Å². The van der Waals surface area contributed by atoms with Gasteiger partial charge in [0.1, 0.15) is 91.6 Å². The molecule has 426 valence electrons. The monoisotopic (exact) mass is 1060 g/mol. The van der Waals surface area contributed by atoms with Crippen molar-refractivity contribution in [3.05, 3.63) is 11.6 Å². The molecule has 8 fully saturated rings. The Morgan fingerprint density at radius 1 is 0.635 bits per heavy atom. The predicted molar refractivity (Wildman–Crippen MR) is 250 cm³/mol. The van der Waals surface area contributed by atoms with Gasteiger partial charge in [0.05, 0.1) is 44.7 Å². The molecule has 14 N–H and O–H groups in total. The molecule has 0 aromatic heterocycles. The van der Waals surface area contributed by atoms with Crippen molar-refractivity contribution in [2.75, 3.05) is 26.4 Å². The maximum Gasteiger partial charge on any atom is 0.187 e. The molecule has 9 aliphatic rings. The van der Waals surface area contributed by atoms with Crippen molar-refractivity contribution in [1.82, 2.24) is 0 Å². The van der Waals surface area contributed by atoms with Crippen molar-refractivity contribution >= 4 is 0 Å². The molecule has 0 radical (unpaired) electrons. The Bertz CT molecular complexity index is 1920. The van der Waals surface area contributed by atoms with E-state index in [0.717, 1.165) is 32.1 Å². The van der Waals surface area contributed by atoms with Gasteiger partial charge in [0.15, 0.2) is 30.9 Å². The lowest BCUT2D eigenvalue weighted by molar-refractivity contribution is -0.394. The van der Waals surface area contributed by atoms with Crippen LogP contribution < -0.4 is 0 Å². The third kappa shape index (κ3) is 10.2. The van der Waals surface area contributed by atoms with Crippen LogP contribution in [-0.2, 0) is 42.6 Å². The van der Waals surface area contributed by atoms with Crippen molar-refractivity contribution in [3.8, 4) is 0 Å². The van der Waals surface area contributed by atoms with Gasteiger partial charge in [-0.2, -0.15) is 0 Å². The van der Waals surface area contributed by atoms with Gasteiger partial charge in [-0.25, -0.2) is 0 Å². The van der Waals surface area contributed by atoms with E-state index in [-0.39, 0.29) is 41.3 Å². The zero-order chi connectivity index (χ0) is 53.5. The molecular formula is C51H84O23. The summed E-state index contributed by atoms with van der Waals surface area (Å²) in [6, 6.07) is 0. The van der Waals surface area contributed by atoms with Crippen LogP contribution in [0.3, 0.4) is 0 Å². The largest absolute Gasteiger partial charge is 0.394 e. The minimum absolute atomic E-state index is 0.0769. The lowest BCUT2D eigenvalue weighted by Gasteiger charge is -2.58. The summed E-state index contributed by atoms with van der Waals surface area (Å²) in [5.74, 6) is -0.351. The Balaban J connectivity index is 0.864. The van der Waals surface area contributed by atoms with E-state index >= 15 is 0 Å². The number of aliphatic hydroxyl groups is 14. The third-order valence-electron chi connectivity index (χ3n) is 19.5. The van der Waals surface area contributed by atoms with Gasteiger partial charge in [-0.15, -0.1) is 0 Å². The first kappa shape index (κ1) is 57.5. The summed E-state index contributed by atoms with van der Waals surface area (Å²) in [6.45, 7) is 8.33. The highest BCUT2D eigenvalue weighted by Crippen LogP contribution is 2.70. The second-order valence-electron chi connectivity index (χ2n) is 23.8. The molecule has 5 heterocycles. The van der Waals surface area contributed by atoms with Crippen molar-refractivity contribution in [1.29, 1.82) is 0 Å². The summed E-state index contributed by atoms with van der Waals surface area (Å²) in [7, 11) is 0. The Hall–Kier alpha value is -1.18. The highest BCUT2D eigenvalue weighted by molar-refractivity contribution is 5.26. The van der Waals surface area contributed by atoms with Crippen LogP contribution in [0.15, 0.2) is 11.6 Å². The molecule has 5 aliphatic heterocycles. The zero-order valence-corrected chi connectivity index (χ0v) is 42.9. The molecule has 31 atom stereocenters. The number of hydrogen-bond acceptors (Lipinski definition) is 23.